The summed E-state index contributed by atoms with van der Waals surface area (Å²) in [4.78, 5) is 12.5. The number of ether oxygens (including phenoxy) is 1. The lowest BCUT2D eigenvalue weighted by molar-refractivity contribution is -0.116. The van der Waals surface area contributed by atoms with Crippen LogP contribution in [0.1, 0.15) is 31.4 Å². The van der Waals surface area contributed by atoms with Gasteiger partial charge in [0.15, 0.2) is 10.6 Å². The van der Waals surface area contributed by atoms with Crippen LogP contribution in [-0.4, -0.2) is 26.8 Å². The summed E-state index contributed by atoms with van der Waals surface area (Å²) in [6.45, 7) is 8.39. The van der Waals surface area contributed by atoms with Gasteiger partial charge in [-0.15, -0.1) is 0 Å². The molecule has 1 heterocycles. The number of amides is 1. The number of nitrogens with zero attached hydrogens (tertiary/aromatic N) is 2. The first kappa shape index (κ1) is 20.8. The highest BCUT2D eigenvalue weighted by Gasteiger charge is 2.12. The van der Waals surface area contributed by atoms with Crippen molar-refractivity contribution in [3.63, 3.8) is 0 Å². The Bertz CT molecular complexity index is 1070. The van der Waals surface area contributed by atoms with Crippen molar-refractivity contribution < 1.29 is 9.53 Å². The molecule has 1 aromatic heterocycles. The van der Waals surface area contributed by atoms with Crippen molar-refractivity contribution in [1.29, 1.82) is 0 Å². The van der Waals surface area contributed by atoms with Gasteiger partial charge in [-0.1, -0.05) is 23.8 Å². The van der Waals surface area contributed by atoms with E-state index in [1.807, 2.05) is 74.7 Å². The predicted molar refractivity (Wildman–Crippen MR) is 118 cm³/mol. The first-order valence-corrected chi connectivity index (χ1v) is 10.0. The van der Waals surface area contributed by atoms with E-state index < -0.39 is 0 Å². The maximum Gasteiger partial charge on any atom is 0.226 e. The van der Waals surface area contributed by atoms with Crippen LogP contribution in [0.3, 0.4) is 0 Å². The molecule has 7 heteroatoms. The van der Waals surface area contributed by atoms with Crippen LogP contribution < -0.4 is 10.1 Å². The fraction of sp³-hybridized carbons (Fsp3) is 0.318. The van der Waals surface area contributed by atoms with Crippen molar-refractivity contribution in [2.75, 3.05) is 5.32 Å². The molecule has 0 unspecified atom stereocenters. The molecule has 2 N–H and O–H groups in total. The number of aryl methyl sites for hydroxylation is 2. The molecule has 3 rings (SSSR count). The van der Waals surface area contributed by atoms with Crippen LogP contribution in [0.4, 0.5) is 5.69 Å². The lowest BCUT2D eigenvalue weighted by Crippen LogP contribution is -2.16. The number of nitrogens with one attached hydrogen (secondary N) is 2. The van der Waals surface area contributed by atoms with Crippen LogP contribution in [0.15, 0.2) is 42.5 Å². The molecule has 0 bridgehead atoms. The van der Waals surface area contributed by atoms with Crippen LogP contribution >= 0.6 is 12.2 Å². The van der Waals surface area contributed by atoms with Crippen molar-refractivity contribution in [1.82, 2.24) is 14.8 Å². The van der Waals surface area contributed by atoms with Crippen LogP contribution in [0, 0.1) is 18.6 Å². The smallest absolute Gasteiger partial charge is 0.226 e. The van der Waals surface area contributed by atoms with Gasteiger partial charge in [-0.3, -0.25) is 14.5 Å². The molecule has 1 amide bonds. The molecule has 0 radical (unpaired) electrons. The Morgan fingerprint density at radius 1 is 1.24 bits per heavy atom. The number of benzene rings is 2. The Hall–Kier alpha value is -2.93. The lowest BCUT2D eigenvalue weighted by atomic mass is 10.1. The number of H-pyrrole nitrogens is 1. The predicted octanol–water partition coefficient (Wildman–Crippen LogP) is 5.04. The molecular formula is C22H26N4O2S. The molecule has 0 saturated heterocycles. The third kappa shape index (κ3) is 5.32. The van der Waals surface area contributed by atoms with E-state index in [0.717, 1.165) is 34.0 Å². The fourth-order valence-electron chi connectivity index (χ4n) is 3.08. The Morgan fingerprint density at radius 2 is 2.03 bits per heavy atom. The molecule has 152 valence electrons. The van der Waals surface area contributed by atoms with E-state index in [-0.39, 0.29) is 18.4 Å². The van der Waals surface area contributed by atoms with E-state index >= 15 is 0 Å². The zero-order chi connectivity index (χ0) is 21.0. The van der Waals surface area contributed by atoms with Crippen molar-refractivity contribution in [3.8, 4) is 17.1 Å². The average molecular weight is 411 g/mol. The van der Waals surface area contributed by atoms with Gasteiger partial charge in [0.05, 0.1) is 6.10 Å². The molecule has 3 aromatic rings. The van der Waals surface area contributed by atoms with Gasteiger partial charge in [-0.05, 0) is 69.7 Å². The van der Waals surface area contributed by atoms with Crippen LogP contribution in [0.2, 0.25) is 0 Å². The lowest BCUT2D eigenvalue weighted by Gasteiger charge is -2.13. The number of hydrogen-bond donors (Lipinski definition) is 2. The minimum Gasteiger partial charge on any atom is -0.491 e. The zero-order valence-electron chi connectivity index (χ0n) is 17.2. The second kappa shape index (κ2) is 9.05. The molecule has 0 aliphatic heterocycles. The van der Waals surface area contributed by atoms with Crippen LogP contribution in [-0.2, 0) is 11.3 Å². The third-order valence-corrected chi connectivity index (χ3v) is 4.75. The normalized spacial score (nSPS) is 10.9. The zero-order valence-corrected chi connectivity index (χ0v) is 18.0. The standard InChI is InChI=1S/C22H26N4O2S/c1-14(2)28-18-8-9-19(16(4)13-18)23-20(27)10-11-26-21(24-25-22(26)29)17-7-5-6-15(3)12-17/h5-9,12-14H,10-11H2,1-4H3,(H,23,27)(H,25,29). The highest BCUT2D eigenvalue weighted by Crippen LogP contribution is 2.23. The van der Waals surface area contributed by atoms with E-state index in [4.69, 9.17) is 17.0 Å². The minimum absolute atomic E-state index is 0.0797. The van der Waals surface area contributed by atoms with Crippen LogP contribution in [0.5, 0.6) is 5.75 Å². The first-order valence-electron chi connectivity index (χ1n) is 9.63. The number of aromatic nitrogens is 3. The molecule has 29 heavy (non-hydrogen) atoms. The van der Waals surface area contributed by atoms with E-state index in [1.54, 1.807) is 0 Å². The molecule has 0 saturated carbocycles. The Kier molecular flexibility index (Phi) is 6.49. The van der Waals surface area contributed by atoms with E-state index in [9.17, 15) is 4.79 Å². The van der Waals surface area contributed by atoms with Gasteiger partial charge in [-0.2, -0.15) is 5.10 Å². The first-order chi connectivity index (χ1) is 13.8. The monoisotopic (exact) mass is 410 g/mol. The number of carbonyl (C=O) groups is 1. The van der Waals surface area contributed by atoms with Gasteiger partial charge in [0.25, 0.3) is 0 Å². The quantitative estimate of drug-likeness (QED) is 0.535. The van der Waals surface area contributed by atoms with Gasteiger partial charge < -0.3 is 10.1 Å². The van der Waals surface area contributed by atoms with E-state index in [0.29, 0.717) is 11.3 Å². The summed E-state index contributed by atoms with van der Waals surface area (Å²) in [6.07, 6.45) is 0.396. The third-order valence-electron chi connectivity index (χ3n) is 4.44. The van der Waals surface area contributed by atoms with Gasteiger partial charge in [0.2, 0.25) is 5.91 Å². The maximum atomic E-state index is 12.5. The summed E-state index contributed by atoms with van der Waals surface area (Å²) in [5.74, 6) is 1.45. The van der Waals surface area contributed by atoms with E-state index in [1.165, 1.54) is 0 Å². The largest absolute Gasteiger partial charge is 0.491 e. The molecule has 0 atom stereocenters. The van der Waals surface area contributed by atoms with Gasteiger partial charge in [0, 0.05) is 24.2 Å². The molecule has 6 nitrogen and oxygen atoms in total. The summed E-state index contributed by atoms with van der Waals surface area (Å²) in [6, 6.07) is 13.7. The number of aromatic amines is 1. The second-order valence-electron chi connectivity index (χ2n) is 7.31. The summed E-state index contributed by atoms with van der Waals surface area (Å²) in [5, 5.41) is 10.1. The van der Waals surface area contributed by atoms with Gasteiger partial charge in [-0.25, -0.2) is 0 Å². The van der Waals surface area contributed by atoms with Gasteiger partial charge in [0.1, 0.15) is 5.75 Å². The van der Waals surface area contributed by atoms with Crippen molar-refractivity contribution in [2.45, 2.75) is 46.8 Å². The van der Waals surface area contributed by atoms with E-state index in [2.05, 4.69) is 15.5 Å². The highest BCUT2D eigenvalue weighted by molar-refractivity contribution is 7.71. The summed E-state index contributed by atoms with van der Waals surface area (Å²) >= 11 is 5.36. The molecule has 0 aliphatic carbocycles. The maximum absolute atomic E-state index is 12.5. The Morgan fingerprint density at radius 3 is 2.72 bits per heavy atom. The molecule has 2 aromatic carbocycles. The van der Waals surface area contributed by atoms with Crippen LogP contribution in [0.25, 0.3) is 11.4 Å². The summed E-state index contributed by atoms with van der Waals surface area (Å²) in [5.41, 5.74) is 3.84. The Labute approximate surface area is 175 Å². The number of anilines is 1. The summed E-state index contributed by atoms with van der Waals surface area (Å²) < 4.78 is 8.05. The highest BCUT2D eigenvalue weighted by atomic mass is 32.1. The average Bonchev–Trinajstić information content (AvgIpc) is 3.02. The second-order valence-corrected chi connectivity index (χ2v) is 7.70. The molecule has 0 aliphatic rings. The number of carbonyl (C=O) groups excluding carboxylic acids is 1. The fourth-order valence-corrected chi connectivity index (χ4v) is 3.30. The molecule has 0 fully saturated rings. The number of rotatable bonds is 7. The topological polar surface area (TPSA) is 71.9 Å². The summed E-state index contributed by atoms with van der Waals surface area (Å²) in [7, 11) is 0. The SMILES string of the molecule is Cc1cccc(-c2n[nH]c(=S)n2CCC(=O)Nc2ccc(OC(C)C)cc2C)c1. The van der Waals surface area contributed by atoms with Crippen molar-refractivity contribution >= 4 is 23.8 Å². The minimum atomic E-state index is -0.0797. The van der Waals surface area contributed by atoms with Gasteiger partial charge >= 0.3 is 0 Å². The van der Waals surface area contributed by atoms with Crippen molar-refractivity contribution in [3.05, 3.63) is 58.4 Å². The molecule has 0 spiro atoms. The van der Waals surface area contributed by atoms with Crippen molar-refractivity contribution in [2.24, 2.45) is 0 Å². The molecular weight excluding hydrogens is 384 g/mol. The Balaban J connectivity index is 1.68. The number of hydrogen-bond acceptors (Lipinski definition) is 4.